The van der Waals surface area contributed by atoms with Crippen molar-refractivity contribution in [2.24, 2.45) is 0 Å². The molecule has 7 heteroatoms. The van der Waals surface area contributed by atoms with E-state index in [1.54, 1.807) is 0 Å². The predicted molar refractivity (Wildman–Crippen MR) is 76.0 cm³/mol. The van der Waals surface area contributed by atoms with Crippen molar-refractivity contribution in [1.29, 1.82) is 0 Å². The lowest BCUT2D eigenvalue weighted by Crippen LogP contribution is -2.40. The molecule has 0 spiro atoms. The van der Waals surface area contributed by atoms with Crippen LogP contribution in [0.15, 0.2) is 12.3 Å². The fraction of sp³-hybridized carbons (Fsp3) is 0.583. The van der Waals surface area contributed by atoms with Crippen molar-refractivity contribution >= 4 is 20.9 Å². The summed E-state index contributed by atoms with van der Waals surface area (Å²) < 4.78 is 19.2. The zero-order chi connectivity index (χ0) is 14.8. The van der Waals surface area contributed by atoms with Crippen LogP contribution < -0.4 is 5.46 Å². The minimum absolute atomic E-state index is 0.0831. The lowest BCUT2D eigenvalue weighted by Gasteiger charge is -2.36. The summed E-state index contributed by atoms with van der Waals surface area (Å²) >= 11 is 0. The van der Waals surface area contributed by atoms with E-state index in [4.69, 9.17) is 14.5 Å². The van der Waals surface area contributed by atoms with Crippen LogP contribution >= 0.6 is 0 Å². The highest BCUT2D eigenvalue weighted by Gasteiger charge is 2.37. The molecule has 1 aromatic heterocycles. The standard InChI is InChI=1S/C12H21BFNO3Si/c1-12(2,3)19(4,5)18-8-9-6-10(13(16)17)11(14)15-7-9/h6-7,16-17H,8H2,1-5H3. The van der Waals surface area contributed by atoms with E-state index in [2.05, 4.69) is 38.8 Å². The van der Waals surface area contributed by atoms with E-state index in [9.17, 15) is 4.39 Å². The first-order valence-electron chi connectivity index (χ1n) is 6.19. The van der Waals surface area contributed by atoms with Crippen LogP contribution in [-0.2, 0) is 11.0 Å². The molecule has 0 aliphatic carbocycles. The van der Waals surface area contributed by atoms with Gasteiger partial charge in [0.15, 0.2) is 8.32 Å². The molecule has 0 unspecified atom stereocenters. The molecular weight excluding hydrogens is 264 g/mol. The van der Waals surface area contributed by atoms with E-state index in [0.29, 0.717) is 12.2 Å². The second kappa shape index (κ2) is 5.70. The molecule has 0 bridgehead atoms. The number of pyridine rings is 1. The number of nitrogens with zero attached hydrogens (tertiary/aromatic N) is 1. The van der Waals surface area contributed by atoms with E-state index in [0.717, 1.165) is 0 Å². The largest absolute Gasteiger partial charge is 0.493 e. The van der Waals surface area contributed by atoms with E-state index < -0.39 is 21.4 Å². The Morgan fingerprint density at radius 3 is 2.42 bits per heavy atom. The monoisotopic (exact) mass is 285 g/mol. The summed E-state index contributed by atoms with van der Waals surface area (Å²) in [4.78, 5) is 3.51. The molecule has 1 heterocycles. The first-order chi connectivity index (χ1) is 8.54. The lowest BCUT2D eigenvalue weighted by molar-refractivity contribution is 0.276. The van der Waals surface area contributed by atoms with Gasteiger partial charge in [-0.1, -0.05) is 26.8 Å². The zero-order valence-corrected chi connectivity index (χ0v) is 13.1. The molecule has 106 valence electrons. The van der Waals surface area contributed by atoms with Gasteiger partial charge in [-0.25, -0.2) is 4.98 Å². The van der Waals surface area contributed by atoms with E-state index >= 15 is 0 Å². The molecule has 1 aromatic rings. The summed E-state index contributed by atoms with van der Waals surface area (Å²) in [6.07, 6.45) is 1.36. The van der Waals surface area contributed by atoms with E-state index in [1.165, 1.54) is 12.3 Å². The van der Waals surface area contributed by atoms with Crippen LogP contribution in [0.1, 0.15) is 26.3 Å². The smallest absolute Gasteiger partial charge is 0.423 e. The third-order valence-corrected chi connectivity index (χ3v) is 8.09. The Labute approximate surface area is 114 Å². The molecule has 1 rings (SSSR count). The second-order valence-corrected chi connectivity index (χ2v) is 11.0. The second-order valence-electron chi connectivity index (χ2n) is 6.15. The minimum Gasteiger partial charge on any atom is -0.423 e. The van der Waals surface area contributed by atoms with Gasteiger partial charge in [-0.05, 0) is 23.7 Å². The highest BCUT2D eigenvalue weighted by Crippen LogP contribution is 2.36. The van der Waals surface area contributed by atoms with Gasteiger partial charge in [-0.3, -0.25) is 0 Å². The molecule has 4 nitrogen and oxygen atoms in total. The molecule has 19 heavy (non-hydrogen) atoms. The van der Waals surface area contributed by atoms with Crippen molar-refractivity contribution in [2.45, 2.75) is 45.5 Å². The lowest BCUT2D eigenvalue weighted by atomic mass is 9.80. The van der Waals surface area contributed by atoms with Crippen LogP contribution in [0.4, 0.5) is 4.39 Å². The van der Waals surface area contributed by atoms with Gasteiger partial charge in [0.05, 0.1) is 6.61 Å². The maximum atomic E-state index is 13.2. The molecule has 0 aromatic carbocycles. The summed E-state index contributed by atoms with van der Waals surface area (Å²) in [5, 5.41) is 18.1. The number of aromatic nitrogens is 1. The van der Waals surface area contributed by atoms with Crippen molar-refractivity contribution in [3.8, 4) is 0 Å². The van der Waals surface area contributed by atoms with Gasteiger partial charge in [0, 0.05) is 11.7 Å². The normalized spacial score (nSPS) is 12.6. The van der Waals surface area contributed by atoms with Gasteiger partial charge >= 0.3 is 7.12 Å². The molecule has 2 N–H and O–H groups in total. The van der Waals surface area contributed by atoms with Crippen LogP contribution in [-0.4, -0.2) is 30.5 Å². The van der Waals surface area contributed by atoms with Gasteiger partial charge in [0.2, 0.25) is 5.95 Å². The van der Waals surface area contributed by atoms with Gasteiger partial charge in [-0.15, -0.1) is 0 Å². The fourth-order valence-electron chi connectivity index (χ4n) is 1.25. The van der Waals surface area contributed by atoms with Crippen molar-refractivity contribution in [1.82, 2.24) is 4.98 Å². The summed E-state index contributed by atoms with van der Waals surface area (Å²) in [6, 6.07) is 1.38. The quantitative estimate of drug-likeness (QED) is 0.649. The molecule has 0 atom stereocenters. The van der Waals surface area contributed by atoms with Crippen molar-refractivity contribution in [3.63, 3.8) is 0 Å². The Balaban J connectivity index is 2.82. The Hall–Kier alpha value is -0.758. The Morgan fingerprint density at radius 1 is 1.37 bits per heavy atom. The van der Waals surface area contributed by atoms with Gasteiger partial charge in [0.25, 0.3) is 0 Å². The highest BCUT2D eigenvalue weighted by atomic mass is 28.4. The van der Waals surface area contributed by atoms with Crippen LogP contribution in [0, 0.1) is 5.95 Å². The number of rotatable bonds is 4. The Morgan fingerprint density at radius 2 is 1.95 bits per heavy atom. The highest BCUT2D eigenvalue weighted by molar-refractivity contribution is 6.74. The van der Waals surface area contributed by atoms with Crippen molar-refractivity contribution < 1.29 is 18.9 Å². The molecule has 0 aliphatic heterocycles. The van der Waals surface area contributed by atoms with Gasteiger partial charge < -0.3 is 14.5 Å². The average Bonchev–Trinajstić information content (AvgIpc) is 2.26. The number of halogens is 1. The Bertz CT molecular complexity index is 449. The predicted octanol–water partition coefficient (Wildman–Crippen LogP) is 1.42. The number of hydrogen-bond donors (Lipinski definition) is 2. The minimum atomic E-state index is -1.89. The van der Waals surface area contributed by atoms with Gasteiger partial charge in [-0.2, -0.15) is 4.39 Å². The van der Waals surface area contributed by atoms with Crippen LogP contribution in [0.25, 0.3) is 0 Å². The Kier molecular flexibility index (Phi) is 4.89. The van der Waals surface area contributed by atoms with Crippen LogP contribution in [0.3, 0.4) is 0 Å². The summed E-state index contributed by atoms with van der Waals surface area (Å²) in [5.41, 5.74) is 0.408. The van der Waals surface area contributed by atoms with Crippen molar-refractivity contribution in [2.75, 3.05) is 0 Å². The SMILES string of the molecule is CC(C)(C)[Si](C)(C)OCc1cnc(F)c(B(O)O)c1. The summed E-state index contributed by atoms with van der Waals surface area (Å²) in [7, 11) is -3.75. The topological polar surface area (TPSA) is 62.6 Å². The molecule has 0 radical (unpaired) electrons. The maximum Gasteiger partial charge on any atom is 0.493 e. The van der Waals surface area contributed by atoms with Gasteiger partial charge in [0.1, 0.15) is 0 Å². The first-order valence-corrected chi connectivity index (χ1v) is 9.10. The average molecular weight is 285 g/mol. The van der Waals surface area contributed by atoms with E-state index in [-0.39, 0.29) is 10.5 Å². The van der Waals surface area contributed by atoms with Crippen LogP contribution in [0.2, 0.25) is 18.1 Å². The van der Waals surface area contributed by atoms with Crippen LogP contribution in [0.5, 0.6) is 0 Å². The third-order valence-electron chi connectivity index (χ3n) is 3.61. The summed E-state index contributed by atoms with van der Waals surface area (Å²) in [6.45, 7) is 10.9. The first kappa shape index (κ1) is 16.3. The molecule has 0 saturated heterocycles. The third kappa shape index (κ3) is 4.10. The maximum absolute atomic E-state index is 13.2. The molecule has 0 amide bonds. The summed E-state index contributed by atoms with van der Waals surface area (Å²) in [5.74, 6) is -0.869. The number of hydrogen-bond acceptors (Lipinski definition) is 4. The molecule has 0 aliphatic rings. The molecule has 0 saturated carbocycles. The van der Waals surface area contributed by atoms with E-state index in [1.807, 2.05) is 0 Å². The molecular formula is C12H21BFNO3Si. The molecule has 0 fully saturated rings. The van der Waals surface area contributed by atoms with Crippen molar-refractivity contribution in [3.05, 3.63) is 23.8 Å². The zero-order valence-electron chi connectivity index (χ0n) is 12.1. The fourth-order valence-corrected chi connectivity index (χ4v) is 2.21.